The van der Waals surface area contributed by atoms with Gasteiger partial charge in [0.2, 0.25) is 12.3 Å². The number of piperazine rings is 1. The number of benzene rings is 1. The topological polar surface area (TPSA) is 88.2 Å². The van der Waals surface area contributed by atoms with E-state index >= 15 is 4.39 Å². The van der Waals surface area contributed by atoms with Crippen LogP contribution in [0.25, 0.3) is 0 Å². The third kappa shape index (κ3) is 7.16. The highest BCUT2D eigenvalue weighted by Gasteiger charge is 2.34. The number of rotatable bonds is 8. The number of anilines is 1. The first-order valence-corrected chi connectivity index (χ1v) is 15.3. The van der Waals surface area contributed by atoms with Crippen LogP contribution in [0.3, 0.4) is 0 Å². The van der Waals surface area contributed by atoms with Gasteiger partial charge in [-0.2, -0.15) is 0 Å². The van der Waals surface area contributed by atoms with E-state index in [0.29, 0.717) is 42.1 Å². The lowest BCUT2D eigenvalue weighted by atomic mass is 9.94. The van der Waals surface area contributed by atoms with Crippen LogP contribution in [-0.2, 0) is 9.59 Å². The van der Waals surface area contributed by atoms with Crippen molar-refractivity contribution in [2.45, 2.75) is 51.5 Å². The Labute approximate surface area is 243 Å². The summed E-state index contributed by atoms with van der Waals surface area (Å²) in [5.74, 6) is 0.0278. The van der Waals surface area contributed by atoms with E-state index in [1.165, 1.54) is 25.5 Å². The molecule has 1 atom stereocenters. The SMILES string of the molecule is C=C1CCC(N(C=O)C(=O)c2cc(N3CCC(CN4CCN(CC5CCNCC5)CC4)CC3)c(F)cc2C)C(=O)N1. The molecule has 41 heavy (non-hydrogen) atoms. The van der Waals surface area contributed by atoms with Crippen molar-refractivity contribution in [2.75, 3.05) is 70.3 Å². The predicted molar refractivity (Wildman–Crippen MR) is 157 cm³/mol. The molecular weight excluding hydrogens is 523 g/mol. The molecule has 4 aliphatic rings. The molecular formula is C31H45FN6O3. The van der Waals surface area contributed by atoms with Gasteiger partial charge in [0.15, 0.2) is 0 Å². The lowest BCUT2D eigenvalue weighted by molar-refractivity contribution is -0.131. The second-order valence-corrected chi connectivity index (χ2v) is 12.3. The largest absolute Gasteiger partial charge is 0.369 e. The minimum atomic E-state index is -0.902. The van der Waals surface area contributed by atoms with Gasteiger partial charge < -0.3 is 25.3 Å². The fourth-order valence-electron chi connectivity index (χ4n) is 6.87. The molecule has 0 aliphatic carbocycles. The molecule has 4 heterocycles. The summed E-state index contributed by atoms with van der Waals surface area (Å²) in [6, 6.07) is 2.02. The number of aryl methyl sites for hydroxylation is 1. The number of allylic oxidation sites excluding steroid dienone is 1. The molecule has 4 fully saturated rings. The average Bonchev–Trinajstić information content (AvgIpc) is 2.97. The smallest absolute Gasteiger partial charge is 0.261 e. The monoisotopic (exact) mass is 568 g/mol. The Hall–Kier alpha value is -2.82. The van der Waals surface area contributed by atoms with Gasteiger partial charge in [-0.3, -0.25) is 19.3 Å². The van der Waals surface area contributed by atoms with Gasteiger partial charge in [-0.25, -0.2) is 4.39 Å². The number of hydrogen-bond acceptors (Lipinski definition) is 7. The Bertz CT molecular complexity index is 1120. The molecule has 0 bridgehead atoms. The molecule has 0 spiro atoms. The zero-order chi connectivity index (χ0) is 28.9. The number of nitrogens with zero attached hydrogens (tertiary/aromatic N) is 4. The first-order valence-electron chi connectivity index (χ1n) is 15.3. The molecule has 1 unspecified atom stereocenters. The lowest BCUT2D eigenvalue weighted by Crippen LogP contribution is -2.51. The zero-order valence-electron chi connectivity index (χ0n) is 24.4. The molecule has 0 aromatic heterocycles. The molecule has 0 radical (unpaired) electrons. The van der Waals surface area contributed by atoms with E-state index in [0.717, 1.165) is 82.6 Å². The predicted octanol–water partition coefficient (Wildman–Crippen LogP) is 2.36. The lowest BCUT2D eigenvalue weighted by Gasteiger charge is -2.40. The summed E-state index contributed by atoms with van der Waals surface area (Å²) in [5.41, 5.74) is 1.65. The van der Waals surface area contributed by atoms with Crippen LogP contribution in [0.4, 0.5) is 10.1 Å². The Balaban J connectivity index is 1.15. The van der Waals surface area contributed by atoms with Crippen LogP contribution in [0.2, 0.25) is 0 Å². The summed E-state index contributed by atoms with van der Waals surface area (Å²) in [5, 5.41) is 6.08. The number of carbonyl (C=O) groups is 3. The Morgan fingerprint density at radius 2 is 1.61 bits per heavy atom. The van der Waals surface area contributed by atoms with Crippen LogP contribution >= 0.6 is 0 Å². The van der Waals surface area contributed by atoms with E-state index in [2.05, 4.69) is 27.0 Å². The summed E-state index contributed by atoms with van der Waals surface area (Å²) < 4.78 is 15.2. The third-order valence-corrected chi connectivity index (χ3v) is 9.44. The summed E-state index contributed by atoms with van der Waals surface area (Å²) in [6.45, 7) is 16.0. The highest BCUT2D eigenvalue weighted by Crippen LogP contribution is 2.30. The highest BCUT2D eigenvalue weighted by molar-refractivity contribution is 6.05. The second-order valence-electron chi connectivity index (χ2n) is 12.3. The molecule has 1 aromatic carbocycles. The number of hydrogen-bond donors (Lipinski definition) is 2. The molecule has 5 rings (SSSR count). The Kier molecular flexibility index (Phi) is 9.72. The van der Waals surface area contributed by atoms with Crippen LogP contribution in [0.1, 0.15) is 54.4 Å². The van der Waals surface area contributed by atoms with E-state index in [4.69, 9.17) is 0 Å². The molecule has 0 saturated carbocycles. The van der Waals surface area contributed by atoms with Gasteiger partial charge in [-0.1, -0.05) is 6.58 Å². The van der Waals surface area contributed by atoms with Gasteiger partial charge in [0.1, 0.15) is 11.9 Å². The van der Waals surface area contributed by atoms with Gasteiger partial charge in [-0.05, 0) is 88.1 Å². The first-order chi connectivity index (χ1) is 19.8. The van der Waals surface area contributed by atoms with Gasteiger partial charge in [0.05, 0.1) is 5.69 Å². The first kappa shape index (κ1) is 29.7. The maximum absolute atomic E-state index is 15.2. The van der Waals surface area contributed by atoms with Gasteiger partial charge in [0, 0.05) is 63.6 Å². The molecule has 2 N–H and O–H groups in total. The maximum Gasteiger partial charge on any atom is 0.261 e. The van der Waals surface area contributed by atoms with E-state index in [1.54, 1.807) is 13.0 Å². The number of halogens is 1. The number of imide groups is 1. The number of amides is 3. The van der Waals surface area contributed by atoms with Crippen LogP contribution in [0.15, 0.2) is 24.4 Å². The zero-order valence-corrected chi connectivity index (χ0v) is 24.4. The number of carbonyl (C=O) groups excluding carboxylic acids is 3. The van der Waals surface area contributed by atoms with E-state index in [9.17, 15) is 14.4 Å². The van der Waals surface area contributed by atoms with Crippen molar-refractivity contribution in [3.05, 3.63) is 41.4 Å². The molecule has 4 saturated heterocycles. The maximum atomic E-state index is 15.2. The van der Waals surface area contributed by atoms with Crippen molar-refractivity contribution < 1.29 is 18.8 Å². The summed E-state index contributed by atoms with van der Waals surface area (Å²) >= 11 is 0. The molecule has 1 aromatic rings. The fourth-order valence-corrected chi connectivity index (χ4v) is 6.87. The molecule has 9 nitrogen and oxygen atoms in total. The average molecular weight is 569 g/mol. The van der Waals surface area contributed by atoms with Gasteiger partial charge in [-0.15, -0.1) is 0 Å². The number of nitrogens with one attached hydrogen (secondary N) is 2. The van der Waals surface area contributed by atoms with Crippen LogP contribution in [0.5, 0.6) is 0 Å². The van der Waals surface area contributed by atoms with Crippen LogP contribution in [-0.4, -0.2) is 104 Å². The normalized spacial score (nSPS) is 23.9. The van der Waals surface area contributed by atoms with Crippen LogP contribution in [0, 0.1) is 24.6 Å². The third-order valence-electron chi connectivity index (χ3n) is 9.44. The summed E-state index contributed by atoms with van der Waals surface area (Å²) in [7, 11) is 0. The second kappa shape index (κ2) is 13.4. The Morgan fingerprint density at radius 1 is 1.00 bits per heavy atom. The molecule has 224 valence electrons. The summed E-state index contributed by atoms with van der Waals surface area (Å²) in [4.78, 5) is 46.0. The van der Waals surface area contributed by atoms with Crippen molar-refractivity contribution in [3.63, 3.8) is 0 Å². The van der Waals surface area contributed by atoms with E-state index < -0.39 is 17.9 Å². The Morgan fingerprint density at radius 3 is 2.20 bits per heavy atom. The van der Waals surface area contributed by atoms with Crippen molar-refractivity contribution in [1.29, 1.82) is 0 Å². The van der Waals surface area contributed by atoms with E-state index in [1.807, 2.05) is 4.90 Å². The van der Waals surface area contributed by atoms with Crippen LogP contribution < -0.4 is 15.5 Å². The summed E-state index contributed by atoms with van der Waals surface area (Å²) in [6.07, 6.45) is 5.74. The number of piperidine rings is 3. The fraction of sp³-hybridized carbons (Fsp3) is 0.645. The van der Waals surface area contributed by atoms with Crippen molar-refractivity contribution in [2.24, 2.45) is 11.8 Å². The van der Waals surface area contributed by atoms with Crippen molar-refractivity contribution in [3.8, 4) is 0 Å². The quantitative estimate of drug-likeness (QED) is 0.466. The molecule has 4 aliphatic heterocycles. The standard InChI is InChI=1S/C31H45FN6O3/c1-22-17-27(32)29(18-26(22)31(41)38(21-39)28-4-3-23(2)34-30(28)40)37-11-7-25(8-12-37)20-36-15-13-35(14-16-36)19-24-5-9-33-10-6-24/h17-18,21,24-25,28,33H,2-16,19-20H2,1H3,(H,34,40). The van der Waals surface area contributed by atoms with Crippen molar-refractivity contribution in [1.82, 2.24) is 25.3 Å². The highest BCUT2D eigenvalue weighted by atomic mass is 19.1. The van der Waals surface area contributed by atoms with E-state index in [-0.39, 0.29) is 11.4 Å². The molecule has 3 amide bonds. The van der Waals surface area contributed by atoms with Gasteiger partial charge in [0.25, 0.3) is 5.91 Å². The minimum Gasteiger partial charge on any atom is -0.369 e. The minimum absolute atomic E-state index is 0.246. The van der Waals surface area contributed by atoms with Gasteiger partial charge >= 0.3 is 0 Å². The van der Waals surface area contributed by atoms with Crippen molar-refractivity contribution >= 4 is 23.9 Å². The molecule has 10 heteroatoms.